The highest BCUT2D eigenvalue weighted by Gasteiger charge is 2.07. The molecule has 0 bridgehead atoms. The summed E-state index contributed by atoms with van der Waals surface area (Å²) in [5.41, 5.74) is 1.76. The Bertz CT molecular complexity index is 780. The number of hydrogen-bond donors (Lipinski definition) is 1. The molecule has 0 unspecified atom stereocenters. The van der Waals surface area contributed by atoms with Gasteiger partial charge in [0, 0.05) is 29.2 Å². The molecule has 3 aromatic rings. The Morgan fingerprint density at radius 2 is 2.04 bits per heavy atom. The van der Waals surface area contributed by atoms with Gasteiger partial charge in [-0.2, -0.15) is 0 Å². The minimum atomic E-state index is -0.355. The van der Waals surface area contributed by atoms with E-state index in [4.69, 9.17) is 16.3 Å². The van der Waals surface area contributed by atoms with Crippen LogP contribution in [0.15, 0.2) is 54.0 Å². The first kappa shape index (κ1) is 15.8. The Morgan fingerprint density at radius 1 is 1.17 bits per heavy atom. The Balaban J connectivity index is 1.67. The fraction of sp³-hybridized carbons (Fsp3) is 0.118. The van der Waals surface area contributed by atoms with Crippen LogP contribution in [0.4, 0.5) is 9.52 Å². The number of nitrogens with zero attached hydrogens (tertiary/aromatic N) is 1. The number of hydrogen-bond acceptors (Lipinski definition) is 4. The second-order valence-corrected chi connectivity index (χ2v) is 6.12. The van der Waals surface area contributed by atoms with Crippen LogP contribution in [0, 0.1) is 5.82 Å². The fourth-order valence-corrected chi connectivity index (χ4v) is 2.82. The number of anilines is 1. The van der Waals surface area contributed by atoms with Gasteiger partial charge in [0.2, 0.25) is 0 Å². The Hall–Kier alpha value is -2.11. The van der Waals surface area contributed by atoms with E-state index in [9.17, 15) is 4.39 Å². The van der Waals surface area contributed by atoms with Gasteiger partial charge in [0.25, 0.3) is 0 Å². The molecule has 0 fully saturated rings. The summed E-state index contributed by atoms with van der Waals surface area (Å²) in [4.78, 5) is 4.19. The van der Waals surface area contributed by atoms with Crippen LogP contribution in [0.1, 0.15) is 11.1 Å². The average molecular weight is 349 g/mol. The van der Waals surface area contributed by atoms with Crippen LogP contribution in [-0.2, 0) is 13.2 Å². The van der Waals surface area contributed by atoms with Crippen LogP contribution in [0.2, 0.25) is 5.02 Å². The van der Waals surface area contributed by atoms with Gasteiger partial charge < -0.3 is 10.1 Å². The van der Waals surface area contributed by atoms with Gasteiger partial charge in [-0.25, -0.2) is 9.37 Å². The van der Waals surface area contributed by atoms with E-state index in [-0.39, 0.29) is 12.4 Å². The molecule has 0 saturated heterocycles. The molecule has 0 spiro atoms. The lowest BCUT2D eigenvalue weighted by Gasteiger charge is -2.12. The second-order valence-electron chi connectivity index (χ2n) is 4.82. The Labute approximate surface area is 142 Å². The zero-order valence-electron chi connectivity index (χ0n) is 12.1. The molecule has 6 heteroatoms. The second kappa shape index (κ2) is 7.44. The van der Waals surface area contributed by atoms with E-state index < -0.39 is 0 Å². The van der Waals surface area contributed by atoms with E-state index >= 15 is 0 Å². The molecule has 0 radical (unpaired) electrons. The van der Waals surface area contributed by atoms with E-state index in [1.807, 2.05) is 29.6 Å². The predicted octanol–water partition coefficient (Wildman–Crippen LogP) is 5.13. The molecular weight excluding hydrogens is 335 g/mol. The first-order valence-electron chi connectivity index (χ1n) is 7.00. The number of thiazole rings is 1. The molecule has 118 valence electrons. The first-order valence-corrected chi connectivity index (χ1v) is 8.26. The van der Waals surface area contributed by atoms with Crippen LogP contribution in [-0.4, -0.2) is 4.98 Å². The fourth-order valence-electron chi connectivity index (χ4n) is 2.07. The third-order valence-electron chi connectivity index (χ3n) is 3.23. The van der Waals surface area contributed by atoms with Crippen LogP contribution >= 0.6 is 22.9 Å². The maximum Gasteiger partial charge on any atom is 0.182 e. The van der Waals surface area contributed by atoms with E-state index in [1.165, 1.54) is 12.1 Å². The van der Waals surface area contributed by atoms with Gasteiger partial charge in [-0.3, -0.25) is 0 Å². The van der Waals surface area contributed by atoms with Gasteiger partial charge in [-0.1, -0.05) is 35.9 Å². The van der Waals surface area contributed by atoms with Crippen molar-refractivity contribution in [2.45, 2.75) is 13.2 Å². The van der Waals surface area contributed by atoms with Gasteiger partial charge in [-0.15, -0.1) is 11.3 Å². The number of halogens is 2. The number of para-hydroxylation sites is 1. The summed E-state index contributed by atoms with van der Waals surface area (Å²) in [6.45, 7) is 0.897. The minimum Gasteiger partial charge on any atom is -0.488 e. The number of ether oxygens (including phenoxy) is 1. The maximum absolute atomic E-state index is 13.1. The SMILES string of the molecule is Fc1ccc(COc2ccccc2CNc2nccs2)c(Cl)c1. The lowest BCUT2D eigenvalue weighted by molar-refractivity contribution is 0.303. The van der Waals surface area contributed by atoms with Crippen molar-refractivity contribution in [2.24, 2.45) is 0 Å². The molecule has 23 heavy (non-hydrogen) atoms. The van der Waals surface area contributed by atoms with Gasteiger partial charge in [0.15, 0.2) is 5.13 Å². The summed E-state index contributed by atoms with van der Waals surface area (Å²) in [5.74, 6) is 0.406. The topological polar surface area (TPSA) is 34.1 Å². The summed E-state index contributed by atoms with van der Waals surface area (Å²) in [6, 6.07) is 12.0. The highest BCUT2D eigenvalue weighted by atomic mass is 35.5. The molecule has 0 amide bonds. The van der Waals surface area contributed by atoms with Crippen LogP contribution in [0.3, 0.4) is 0 Å². The normalized spacial score (nSPS) is 10.5. The van der Waals surface area contributed by atoms with Crippen molar-refractivity contribution >= 4 is 28.1 Å². The van der Waals surface area contributed by atoms with Crippen LogP contribution in [0.5, 0.6) is 5.75 Å². The van der Waals surface area contributed by atoms with Crippen molar-refractivity contribution in [3.05, 3.63) is 76.0 Å². The summed E-state index contributed by atoms with van der Waals surface area (Å²) in [6.07, 6.45) is 1.76. The van der Waals surface area contributed by atoms with Gasteiger partial charge in [-0.05, 0) is 18.2 Å². The molecule has 1 N–H and O–H groups in total. The summed E-state index contributed by atoms with van der Waals surface area (Å²) in [7, 11) is 0. The molecule has 0 aliphatic heterocycles. The van der Waals surface area contributed by atoms with E-state index in [0.29, 0.717) is 11.6 Å². The largest absolute Gasteiger partial charge is 0.488 e. The number of nitrogens with one attached hydrogen (secondary N) is 1. The van der Waals surface area contributed by atoms with Crippen molar-refractivity contribution in [2.75, 3.05) is 5.32 Å². The third kappa shape index (κ3) is 4.21. The summed E-state index contributed by atoms with van der Waals surface area (Å²) < 4.78 is 18.9. The number of benzene rings is 2. The first-order chi connectivity index (χ1) is 11.2. The maximum atomic E-state index is 13.1. The van der Waals surface area contributed by atoms with Crippen molar-refractivity contribution < 1.29 is 9.13 Å². The van der Waals surface area contributed by atoms with E-state index in [0.717, 1.165) is 22.0 Å². The van der Waals surface area contributed by atoms with Crippen molar-refractivity contribution in [1.29, 1.82) is 0 Å². The van der Waals surface area contributed by atoms with Gasteiger partial charge >= 0.3 is 0 Å². The van der Waals surface area contributed by atoms with Crippen molar-refractivity contribution in [1.82, 2.24) is 4.98 Å². The smallest absolute Gasteiger partial charge is 0.182 e. The molecule has 0 saturated carbocycles. The Morgan fingerprint density at radius 3 is 2.83 bits per heavy atom. The average Bonchev–Trinajstić information content (AvgIpc) is 3.06. The Kier molecular flexibility index (Phi) is 5.10. The lowest BCUT2D eigenvalue weighted by atomic mass is 10.2. The zero-order chi connectivity index (χ0) is 16.1. The molecule has 3 rings (SSSR count). The number of rotatable bonds is 6. The highest BCUT2D eigenvalue weighted by molar-refractivity contribution is 7.13. The molecule has 0 aliphatic rings. The molecule has 3 nitrogen and oxygen atoms in total. The molecular formula is C17H14ClFN2OS. The van der Waals surface area contributed by atoms with Gasteiger partial charge in [0.05, 0.1) is 5.02 Å². The lowest BCUT2D eigenvalue weighted by Crippen LogP contribution is -2.03. The van der Waals surface area contributed by atoms with E-state index in [2.05, 4.69) is 10.3 Å². The predicted molar refractivity (Wildman–Crippen MR) is 91.6 cm³/mol. The summed E-state index contributed by atoms with van der Waals surface area (Å²) >= 11 is 7.57. The van der Waals surface area contributed by atoms with Crippen molar-refractivity contribution in [3.8, 4) is 5.75 Å². The molecule has 2 aromatic carbocycles. The molecule has 1 heterocycles. The van der Waals surface area contributed by atoms with Crippen molar-refractivity contribution in [3.63, 3.8) is 0 Å². The molecule has 1 aromatic heterocycles. The minimum absolute atomic E-state index is 0.285. The standard InChI is InChI=1S/C17H14ClFN2OS/c18-15-9-14(19)6-5-13(15)11-22-16-4-2-1-3-12(16)10-21-17-20-7-8-23-17/h1-9H,10-11H2,(H,20,21). The number of aromatic nitrogens is 1. The zero-order valence-corrected chi connectivity index (χ0v) is 13.7. The van der Waals surface area contributed by atoms with E-state index in [1.54, 1.807) is 23.6 Å². The monoisotopic (exact) mass is 348 g/mol. The quantitative estimate of drug-likeness (QED) is 0.670. The summed E-state index contributed by atoms with van der Waals surface area (Å²) in [5, 5.41) is 6.39. The highest BCUT2D eigenvalue weighted by Crippen LogP contribution is 2.23. The molecule has 0 aliphatic carbocycles. The van der Waals surface area contributed by atoms with Crippen LogP contribution < -0.4 is 10.1 Å². The van der Waals surface area contributed by atoms with Crippen LogP contribution in [0.25, 0.3) is 0 Å². The third-order valence-corrected chi connectivity index (χ3v) is 4.32. The molecule has 0 atom stereocenters. The van der Waals surface area contributed by atoms with Gasteiger partial charge in [0.1, 0.15) is 18.2 Å².